The summed E-state index contributed by atoms with van der Waals surface area (Å²) < 4.78 is 50.9. The van der Waals surface area contributed by atoms with Crippen LogP contribution in [-0.4, -0.2) is 84.1 Å². The second kappa shape index (κ2) is 26.2. The summed E-state index contributed by atoms with van der Waals surface area (Å²) in [7, 11) is -22.6. The van der Waals surface area contributed by atoms with E-state index in [1.54, 1.807) is 0 Å². The number of hydrogen-bond donors (Lipinski definition) is 6. The van der Waals surface area contributed by atoms with Crippen LogP contribution in [0.2, 0.25) is 0 Å². The quantitative estimate of drug-likeness (QED) is 0.134. The predicted molar refractivity (Wildman–Crippen MR) is 84.2 cm³/mol. The van der Waals surface area contributed by atoms with E-state index in [0.29, 0.717) is 0 Å². The van der Waals surface area contributed by atoms with E-state index in [2.05, 4.69) is 12.9 Å². The van der Waals surface area contributed by atoms with Gasteiger partial charge in [-0.2, -0.15) is 12.9 Å². The van der Waals surface area contributed by atoms with Crippen molar-refractivity contribution in [3.63, 3.8) is 0 Å². The average Bonchev–Trinajstić information content (AvgIpc) is 1.65. The fourth-order valence-electron chi connectivity index (χ4n) is 0.429. The summed E-state index contributed by atoms with van der Waals surface area (Å²) in [6.45, 7) is 0. The van der Waals surface area contributed by atoms with E-state index in [-0.39, 0.29) is 85.7 Å². The van der Waals surface area contributed by atoms with Gasteiger partial charge < -0.3 is 85.5 Å². The maximum Gasteiger partial charge on any atom is 1.00 e. The Morgan fingerprint density at radius 1 is 0.429 bits per heavy atom. The average molecular weight is 542 g/mol. The minimum absolute atomic E-state index is 0. The first-order chi connectivity index (χ1) is 7.12. The van der Waals surface area contributed by atoms with Gasteiger partial charge >= 0.3 is 60.8 Å². The zero-order valence-electron chi connectivity index (χ0n) is 14.3. The fourth-order valence-corrected chi connectivity index (χ4v) is 4.40. The van der Waals surface area contributed by atoms with Crippen molar-refractivity contribution < 1.29 is 146 Å². The van der Waals surface area contributed by atoms with Crippen molar-refractivity contribution in [2.45, 2.75) is 0 Å². The Morgan fingerprint density at radius 2 is 0.571 bits per heavy atom. The molecule has 0 aliphatic heterocycles. The van der Waals surface area contributed by atoms with Gasteiger partial charge in [0.25, 0.3) is 0 Å². The van der Waals surface area contributed by atoms with Crippen molar-refractivity contribution in [2.75, 3.05) is 0 Å². The number of phosphoric acid groups is 4. The molecule has 0 fully saturated rings. The summed E-state index contributed by atoms with van der Waals surface area (Å²) in [6, 6.07) is 0. The standard InChI is InChI=1S/Na.H6O13P4.10H2O.H/c;1-14(2,3)11-16(7,8)13-17(9,10)12-15(4,5)6;;;;;;;;;;;/h;(H,7,8)(H,9,10)(H2,1,2,3)(H2,4,5,6);10*1H2;/q+1;;;;;;;;;;;;-1. The fraction of sp³-hybridized carbons (Fsp3) is 0. The van der Waals surface area contributed by atoms with Crippen LogP contribution in [0, 0.1) is 0 Å². The van der Waals surface area contributed by atoms with Gasteiger partial charge in [0.15, 0.2) is 0 Å². The molecule has 28 heteroatoms. The monoisotopic (exact) mass is 542 g/mol. The second-order valence-corrected chi connectivity index (χ2v) is 7.96. The smallest absolute Gasteiger partial charge is 1.00 e. The van der Waals surface area contributed by atoms with Crippen molar-refractivity contribution in [3.05, 3.63) is 0 Å². The van der Waals surface area contributed by atoms with Gasteiger partial charge in [-0.05, 0) is 0 Å². The number of hydrogen-bond acceptors (Lipinski definition) is 7. The third kappa shape index (κ3) is 50.6. The van der Waals surface area contributed by atoms with Crippen LogP contribution in [0.1, 0.15) is 1.43 Å². The SMILES string of the molecule is O.O.O.O.O.O.O.O.O.O.O=P(O)(O)OP(=O)(O)OP(=O)(O)OP(=O)(O)O.[H-].[Na+]. The number of rotatable bonds is 6. The Morgan fingerprint density at radius 3 is 0.679 bits per heavy atom. The van der Waals surface area contributed by atoms with E-state index in [4.69, 9.17) is 29.4 Å². The van der Waals surface area contributed by atoms with Crippen LogP contribution in [0.4, 0.5) is 0 Å². The van der Waals surface area contributed by atoms with Crippen LogP contribution >= 0.6 is 31.3 Å². The molecule has 0 aliphatic carbocycles. The zero-order chi connectivity index (χ0) is 14.1. The molecular formula is H27NaO23P4. The molecule has 0 bridgehead atoms. The van der Waals surface area contributed by atoms with Crippen molar-refractivity contribution >= 4 is 31.3 Å². The van der Waals surface area contributed by atoms with Crippen LogP contribution in [-0.2, 0) is 31.2 Å². The van der Waals surface area contributed by atoms with Crippen LogP contribution in [0.25, 0.3) is 0 Å². The third-order valence-corrected chi connectivity index (χ3v) is 5.63. The van der Waals surface area contributed by atoms with E-state index >= 15 is 0 Å². The molecule has 0 aromatic rings. The molecule has 26 N–H and O–H groups in total. The van der Waals surface area contributed by atoms with Gasteiger partial charge in [0.2, 0.25) is 0 Å². The maximum absolute atomic E-state index is 10.7. The van der Waals surface area contributed by atoms with Crippen molar-refractivity contribution in [3.8, 4) is 0 Å². The molecule has 0 radical (unpaired) electrons. The minimum Gasteiger partial charge on any atom is -1.00 e. The minimum atomic E-state index is -5.77. The van der Waals surface area contributed by atoms with Gasteiger partial charge in [0.05, 0.1) is 0 Å². The molecule has 0 aromatic heterocycles. The van der Waals surface area contributed by atoms with Crippen LogP contribution < -0.4 is 29.6 Å². The van der Waals surface area contributed by atoms with Gasteiger partial charge in [-0.15, -0.1) is 0 Å². The van der Waals surface area contributed by atoms with E-state index < -0.39 is 31.3 Å². The third-order valence-electron chi connectivity index (χ3n) is 0.625. The molecule has 0 saturated heterocycles. The summed E-state index contributed by atoms with van der Waals surface area (Å²) in [5.41, 5.74) is 0. The zero-order valence-corrected chi connectivity index (χ0v) is 18.9. The molecule has 0 amide bonds. The molecule has 0 aliphatic rings. The van der Waals surface area contributed by atoms with Crippen LogP contribution in [0.15, 0.2) is 0 Å². The molecule has 186 valence electrons. The molecule has 2 unspecified atom stereocenters. The summed E-state index contributed by atoms with van der Waals surface area (Å²) in [5.74, 6) is 0. The first kappa shape index (κ1) is 78.5. The Labute approximate surface area is 177 Å². The van der Waals surface area contributed by atoms with Gasteiger partial charge in [-0.3, -0.25) is 0 Å². The van der Waals surface area contributed by atoms with Gasteiger partial charge in [-0.1, -0.05) is 0 Å². The summed E-state index contributed by atoms with van der Waals surface area (Å²) in [6.07, 6.45) is 0. The summed E-state index contributed by atoms with van der Waals surface area (Å²) >= 11 is 0. The van der Waals surface area contributed by atoms with Crippen molar-refractivity contribution in [1.82, 2.24) is 0 Å². The van der Waals surface area contributed by atoms with Crippen molar-refractivity contribution in [2.24, 2.45) is 0 Å². The summed E-state index contributed by atoms with van der Waals surface area (Å²) in [4.78, 5) is 49.4. The van der Waals surface area contributed by atoms with Gasteiger partial charge in [0.1, 0.15) is 0 Å². The molecule has 2 atom stereocenters. The molecule has 0 heterocycles. The molecule has 0 saturated carbocycles. The Hall–Kier alpha value is 1.16. The van der Waals surface area contributed by atoms with Crippen molar-refractivity contribution in [1.29, 1.82) is 0 Å². The van der Waals surface area contributed by atoms with E-state index in [0.717, 1.165) is 0 Å². The molecular weight excluding hydrogens is 515 g/mol. The normalized spacial score (nSPS) is 12.5. The predicted octanol–water partition coefficient (Wildman–Crippen LogP) is -11.7. The molecule has 28 heavy (non-hydrogen) atoms. The van der Waals surface area contributed by atoms with Gasteiger partial charge in [0, 0.05) is 0 Å². The first-order valence-electron chi connectivity index (χ1n) is 3.03. The van der Waals surface area contributed by atoms with Crippen LogP contribution in [0.3, 0.4) is 0 Å². The Balaban J connectivity index is -0.0000000194. The van der Waals surface area contributed by atoms with Gasteiger partial charge in [-0.25, -0.2) is 18.3 Å². The summed E-state index contributed by atoms with van der Waals surface area (Å²) in [5, 5.41) is 0. The molecule has 0 spiro atoms. The Kier molecular flexibility index (Phi) is 73.5. The van der Waals surface area contributed by atoms with Crippen LogP contribution in [0.5, 0.6) is 0 Å². The first-order valence-corrected chi connectivity index (χ1v) is 9.08. The van der Waals surface area contributed by atoms with E-state index in [1.165, 1.54) is 0 Å². The van der Waals surface area contributed by atoms with E-state index in [1.807, 2.05) is 0 Å². The Bertz CT molecular complexity index is 417. The molecule has 0 rings (SSSR count). The maximum atomic E-state index is 10.7. The largest absolute Gasteiger partial charge is 1.00 e. The molecule has 23 nitrogen and oxygen atoms in total. The topological polar surface area (TPSA) is 532 Å². The molecule has 0 aromatic carbocycles. The van der Waals surface area contributed by atoms with E-state index in [9.17, 15) is 18.3 Å². The second-order valence-electron chi connectivity index (χ2n) is 2.16.